The highest BCUT2D eigenvalue weighted by Crippen LogP contribution is 2.37. The first-order valence-corrected chi connectivity index (χ1v) is 5.57. The smallest absolute Gasteiger partial charge is 0.303 e. The minimum atomic E-state index is -0.798. The molecule has 0 saturated carbocycles. The Morgan fingerprint density at radius 1 is 1.60 bits per heavy atom. The normalized spacial score (nSPS) is 18.9. The lowest BCUT2D eigenvalue weighted by Gasteiger charge is -2.09. The van der Waals surface area contributed by atoms with E-state index in [-0.39, 0.29) is 18.2 Å². The van der Waals surface area contributed by atoms with Crippen molar-refractivity contribution in [3.63, 3.8) is 0 Å². The van der Waals surface area contributed by atoms with Crippen molar-refractivity contribution in [2.45, 2.75) is 25.2 Å². The van der Waals surface area contributed by atoms with Crippen molar-refractivity contribution < 1.29 is 14.3 Å². The van der Waals surface area contributed by atoms with Crippen LogP contribution in [0, 0.1) is 5.82 Å². The van der Waals surface area contributed by atoms with Gasteiger partial charge in [0.15, 0.2) is 0 Å². The fourth-order valence-electron chi connectivity index (χ4n) is 2.11. The number of hydrogen-bond donors (Lipinski definition) is 1. The average molecular weight is 273 g/mol. The predicted molar refractivity (Wildman–Crippen MR) is 57.4 cm³/mol. The molecule has 0 spiro atoms. The van der Waals surface area contributed by atoms with Crippen LogP contribution in [0.4, 0.5) is 4.39 Å². The second-order valence-corrected chi connectivity index (χ2v) is 4.65. The highest BCUT2D eigenvalue weighted by molar-refractivity contribution is 9.10. The van der Waals surface area contributed by atoms with Crippen LogP contribution in [0.1, 0.15) is 29.9 Å². The number of benzene rings is 1. The zero-order valence-corrected chi connectivity index (χ0v) is 9.55. The molecule has 0 radical (unpaired) electrons. The molecule has 0 heterocycles. The largest absolute Gasteiger partial charge is 0.481 e. The SMILES string of the molecule is O=C(O)CC1CCc2cc(F)c(Br)cc21. The van der Waals surface area contributed by atoms with E-state index in [0.29, 0.717) is 4.47 Å². The summed E-state index contributed by atoms with van der Waals surface area (Å²) in [6.45, 7) is 0. The summed E-state index contributed by atoms with van der Waals surface area (Å²) in [5.41, 5.74) is 1.92. The molecule has 0 saturated heterocycles. The van der Waals surface area contributed by atoms with E-state index in [9.17, 15) is 9.18 Å². The highest BCUT2D eigenvalue weighted by atomic mass is 79.9. The number of carboxylic acids is 1. The maximum absolute atomic E-state index is 13.2. The fraction of sp³-hybridized carbons (Fsp3) is 0.364. The average Bonchev–Trinajstić information content (AvgIpc) is 2.49. The van der Waals surface area contributed by atoms with Crippen LogP contribution in [0.2, 0.25) is 0 Å². The molecule has 1 aromatic rings. The summed E-state index contributed by atoms with van der Waals surface area (Å²) in [5.74, 6) is -1.03. The zero-order chi connectivity index (χ0) is 11.0. The van der Waals surface area contributed by atoms with Crippen LogP contribution < -0.4 is 0 Å². The van der Waals surface area contributed by atoms with E-state index in [1.165, 1.54) is 6.07 Å². The Kier molecular flexibility index (Phi) is 2.78. The lowest BCUT2D eigenvalue weighted by Crippen LogP contribution is -2.03. The van der Waals surface area contributed by atoms with E-state index in [1.54, 1.807) is 6.07 Å². The summed E-state index contributed by atoms with van der Waals surface area (Å²) < 4.78 is 13.6. The van der Waals surface area contributed by atoms with Gasteiger partial charge in [0.05, 0.1) is 10.9 Å². The molecule has 1 unspecified atom stereocenters. The number of carboxylic acid groups (broad SMARTS) is 1. The highest BCUT2D eigenvalue weighted by Gasteiger charge is 2.25. The summed E-state index contributed by atoms with van der Waals surface area (Å²) in [7, 11) is 0. The Balaban J connectivity index is 2.34. The van der Waals surface area contributed by atoms with Crippen molar-refractivity contribution >= 4 is 21.9 Å². The van der Waals surface area contributed by atoms with Crippen molar-refractivity contribution in [1.82, 2.24) is 0 Å². The number of hydrogen-bond acceptors (Lipinski definition) is 1. The molecule has 80 valence electrons. The van der Waals surface area contributed by atoms with Crippen molar-refractivity contribution in [2.75, 3.05) is 0 Å². The van der Waals surface area contributed by atoms with E-state index in [0.717, 1.165) is 24.0 Å². The number of halogens is 2. The topological polar surface area (TPSA) is 37.3 Å². The Morgan fingerprint density at radius 2 is 2.33 bits per heavy atom. The van der Waals surface area contributed by atoms with Crippen molar-refractivity contribution in [2.24, 2.45) is 0 Å². The predicted octanol–water partition coefficient (Wildman–Crippen LogP) is 3.09. The summed E-state index contributed by atoms with van der Waals surface area (Å²) >= 11 is 3.12. The molecule has 0 aromatic heterocycles. The van der Waals surface area contributed by atoms with E-state index < -0.39 is 5.97 Å². The number of aryl methyl sites for hydroxylation is 1. The van der Waals surface area contributed by atoms with Gasteiger partial charge in [0.25, 0.3) is 0 Å². The van der Waals surface area contributed by atoms with Crippen LogP contribution in [0.25, 0.3) is 0 Å². The number of fused-ring (bicyclic) bond motifs is 1. The Labute approximate surface area is 95.2 Å². The molecule has 0 fully saturated rings. The van der Waals surface area contributed by atoms with Crippen LogP contribution in [0.15, 0.2) is 16.6 Å². The Bertz CT molecular complexity index is 417. The summed E-state index contributed by atoms with van der Waals surface area (Å²) in [5, 5.41) is 8.74. The summed E-state index contributed by atoms with van der Waals surface area (Å²) in [6.07, 6.45) is 1.71. The molecule has 1 aliphatic rings. The second-order valence-electron chi connectivity index (χ2n) is 3.80. The lowest BCUT2D eigenvalue weighted by atomic mass is 9.98. The number of aliphatic carboxylic acids is 1. The van der Waals surface area contributed by atoms with Crippen LogP contribution in [0.5, 0.6) is 0 Å². The van der Waals surface area contributed by atoms with Gasteiger partial charge in [-0.25, -0.2) is 4.39 Å². The molecule has 15 heavy (non-hydrogen) atoms. The van der Waals surface area contributed by atoms with E-state index >= 15 is 0 Å². The maximum atomic E-state index is 13.2. The molecule has 2 nitrogen and oxygen atoms in total. The zero-order valence-electron chi connectivity index (χ0n) is 7.96. The minimum absolute atomic E-state index is 0.0365. The van der Waals surface area contributed by atoms with Gasteiger partial charge in [0.2, 0.25) is 0 Å². The van der Waals surface area contributed by atoms with Gasteiger partial charge in [-0.3, -0.25) is 4.79 Å². The van der Waals surface area contributed by atoms with Gasteiger partial charge in [0, 0.05) is 0 Å². The first-order chi connectivity index (χ1) is 7.08. The monoisotopic (exact) mass is 272 g/mol. The first kappa shape index (κ1) is 10.6. The second kappa shape index (κ2) is 3.93. The van der Waals surface area contributed by atoms with Crippen molar-refractivity contribution in [1.29, 1.82) is 0 Å². The van der Waals surface area contributed by atoms with Gasteiger partial charge in [0.1, 0.15) is 5.82 Å². The molecule has 1 aliphatic carbocycles. The molecule has 0 bridgehead atoms. The Hall–Kier alpha value is -0.900. The van der Waals surface area contributed by atoms with E-state index in [4.69, 9.17) is 5.11 Å². The first-order valence-electron chi connectivity index (χ1n) is 4.77. The quantitative estimate of drug-likeness (QED) is 0.899. The molecule has 1 atom stereocenters. The van der Waals surface area contributed by atoms with Crippen molar-refractivity contribution in [3.8, 4) is 0 Å². The fourth-order valence-corrected chi connectivity index (χ4v) is 2.47. The van der Waals surface area contributed by atoms with Crippen LogP contribution >= 0.6 is 15.9 Å². The summed E-state index contributed by atoms with van der Waals surface area (Å²) in [6, 6.07) is 3.21. The number of rotatable bonds is 2. The molecule has 1 N–H and O–H groups in total. The van der Waals surface area contributed by atoms with Gasteiger partial charge in [-0.1, -0.05) is 0 Å². The molecule has 0 amide bonds. The molecule has 0 aliphatic heterocycles. The van der Waals surface area contributed by atoms with Crippen LogP contribution in [-0.2, 0) is 11.2 Å². The Morgan fingerprint density at radius 3 is 3.00 bits per heavy atom. The van der Waals surface area contributed by atoms with Crippen LogP contribution in [0.3, 0.4) is 0 Å². The third-order valence-electron chi connectivity index (χ3n) is 2.81. The van der Waals surface area contributed by atoms with E-state index in [2.05, 4.69) is 15.9 Å². The number of carbonyl (C=O) groups is 1. The standard InChI is InChI=1S/C11H10BrFO2/c12-9-5-8-6(3-10(9)13)1-2-7(8)4-11(14)15/h3,5,7H,1-2,4H2,(H,14,15). The third kappa shape index (κ3) is 2.04. The van der Waals surface area contributed by atoms with E-state index in [1.807, 2.05) is 0 Å². The van der Waals surface area contributed by atoms with Crippen molar-refractivity contribution in [3.05, 3.63) is 33.5 Å². The molecular formula is C11H10BrFO2. The lowest BCUT2D eigenvalue weighted by molar-refractivity contribution is -0.137. The molecular weight excluding hydrogens is 263 g/mol. The maximum Gasteiger partial charge on any atom is 0.303 e. The van der Waals surface area contributed by atoms with Gasteiger partial charge in [-0.05, 0) is 57.9 Å². The molecule has 4 heteroatoms. The molecule has 2 rings (SSSR count). The minimum Gasteiger partial charge on any atom is -0.481 e. The van der Waals surface area contributed by atoms with Gasteiger partial charge in [-0.15, -0.1) is 0 Å². The molecule has 1 aromatic carbocycles. The van der Waals surface area contributed by atoms with Gasteiger partial charge >= 0.3 is 5.97 Å². The summed E-state index contributed by atoms with van der Waals surface area (Å²) in [4.78, 5) is 10.6. The third-order valence-corrected chi connectivity index (χ3v) is 3.41. The van der Waals surface area contributed by atoms with Crippen LogP contribution in [-0.4, -0.2) is 11.1 Å². The van der Waals surface area contributed by atoms with Gasteiger partial charge < -0.3 is 5.11 Å². The van der Waals surface area contributed by atoms with Gasteiger partial charge in [-0.2, -0.15) is 0 Å².